The largest absolute Gasteiger partial charge is 0.493 e. The molecule has 1 aliphatic heterocycles. The van der Waals surface area contributed by atoms with Crippen molar-refractivity contribution in [3.8, 4) is 11.5 Å². The molecule has 25 heavy (non-hydrogen) atoms. The van der Waals surface area contributed by atoms with Crippen molar-refractivity contribution < 1.29 is 14.3 Å². The Hall–Kier alpha value is -2.83. The molecule has 1 saturated heterocycles. The molecular formula is C18H22N4O3. The summed E-state index contributed by atoms with van der Waals surface area (Å²) in [6, 6.07) is 7.29. The molecule has 0 aliphatic carbocycles. The van der Waals surface area contributed by atoms with Gasteiger partial charge in [-0.3, -0.25) is 4.79 Å². The summed E-state index contributed by atoms with van der Waals surface area (Å²) in [5, 5.41) is 2.88. The van der Waals surface area contributed by atoms with Gasteiger partial charge >= 0.3 is 0 Å². The second-order valence-electron chi connectivity index (χ2n) is 5.83. The lowest BCUT2D eigenvalue weighted by molar-refractivity contribution is 0.0945. The van der Waals surface area contributed by atoms with Crippen molar-refractivity contribution in [1.29, 1.82) is 0 Å². The number of hydrogen-bond donors (Lipinski definition) is 1. The van der Waals surface area contributed by atoms with Crippen LogP contribution in [0, 0.1) is 0 Å². The number of carbonyl (C=O) groups excluding carboxylic acids is 1. The quantitative estimate of drug-likeness (QED) is 0.865. The maximum Gasteiger partial charge on any atom is 0.270 e. The number of anilines is 1. The number of rotatable bonds is 6. The predicted octanol–water partition coefficient (Wildman–Crippen LogP) is 2.02. The van der Waals surface area contributed by atoms with E-state index < -0.39 is 0 Å². The Balaban J connectivity index is 1.65. The van der Waals surface area contributed by atoms with Crippen molar-refractivity contribution >= 4 is 11.7 Å². The van der Waals surface area contributed by atoms with Crippen LogP contribution in [-0.4, -0.2) is 43.2 Å². The van der Waals surface area contributed by atoms with Crippen LogP contribution in [0.2, 0.25) is 0 Å². The van der Waals surface area contributed by atoms with Crippen molar-refractivity contribution in [2.45, 2.75) is 19.4 Å². The predicted molar refractivity (Wildman–Crippen MR) is 94.2 cm³/mol. The summed E-state index contributed by atoms with van der Waals surface area (Å²) in [5.41, 5.74) is 1.29. The lowest BCUT2D eigenvalue weighted by atomic mass is 10.2. The highest BCUT2D eigenvalue weighted by Gasteiger charge is 2.16. The van der Waals surface area contributed by atoms with Gasteiger partial charge in [0.1, 0.15) is 17.8 Å². The molecule has 0 radical (unpaired) electrons. The molecule has 0 unspecified atom stereocenters. The summed E-state index contributed by atoms with van der Waals surface area (Å²) < 4.78 is 10.5. The molecule has 0 saturated carbocycles. The first kappa shape index (κ1) is 17.0. The van der Waals surface area contributed by atoms with Gasteiger partial charge in [0.2, 0.25) is 0 Å². The lowest BCUT2D eigenvalue weighted by Gasteiger charge is -2.16. The lowest BCUT2D eigenvalue weighted by Crippen LogP contribution is -2.25. The van der Waals surface area contributed by atoms with Gasteiger partial charge in [0, 0.05) is 25.7 Å². The van der Waals surface area contributed by atoms with Crippen LogP contribution in [0.25, 0.3) is 0 Å². The summed E-state index contributed by atoms with van der Waals surface area (Å²) in [7, 11) is 3.17. The summed E-state index contributed by atoms with van der Waals surface area (Å²) >= 11 is 0. The molecule has 2 heterocycles. The van der Waals surface area contributed by atoms with E-state index in [1.165, 1.54) is 6.33 Å². The van der Waals surface area contributed by atoms with E-state index in [2.05, 4.69) is 20.2 Å². The fourth-order valence-electron chi connectivity index (χ4n) is 2.85. The Morgan fingerprint density at radius 3 is 2.60 bits per heavy atom. The fraction of sp³-hybridized carbons (Fsp3) is 0.389. The Morgan fingerprint density at radius 2 is 1.88 bits per heavy atom. The number of methoxy groups -OCH3 is 2. The van der Waals surface area contributed by atoms with Gasteiger partial charge in [-0.15, -0.1) is 0 Å². The van der Waals surface area contributed by atoms with E-state index >= 15 is 0 Å². The molecule has 0 spiro atoms. The molecule has 0 bridgehead atoms. The molecule has 1 aliphatic rings. The number of nitrogens with one attached hydrogen (secondary N) is 1. The Kier molecular flexibility index (Phi) is 5.33. The standard InChI is InChI=1S/C18H22N4O3/c1-24-15-6-5-13(9-16(15)25-2)11-19-18(23)14-10-17(21-12-20-14)22-7-3-4-8-22/h5-6,9-10,12H,3-4,7-8,11H2,1-2H3,(H,19,23). The van der Waals surface area contributed by atoms with Gasteiger partial charge in [-0.25, -0.2) is 9.97 Å². The van der Waals surface area contributed by atoms with E-state index in [4.69, 9.17) is 9.47 Å². The smallest absolute Gasteiger partial charge is 0.270 e. The summed E-state index contributed by atoms with van der Waals surface area (Å²) in [5.74, 6) is 1.87. The number of benzene rings is 1. The normalized spacial score (nSPS) is 13.6. The topological polar surface area (TPSA) is 76.6 Å². The van der Waals surface area contributed by atoms with E-state index in [0.717, 1.165) is 37.3 Å². The highest BCUT2D eigenvalue weighted by molar-refractivity contribution is 5.92. The van der Waals surface area contributed by atoms with Gasteiger partial charge in [0.05, 0.1) is 14.2 Å². The van der Waals surface area contributed by atoms with Crippen LogP contribution in [0.4, 0.5) is 5.82 Å². The zero-order valence-corrected chi connectivity index (χ0v) is 14.5. The summed E-state index contributed by atoms with van der Waals surface area (Å²) in [6.07, 6.45) is 3.76. The summed E-state index contributed by atoms with van der Waals surface area (Å²) in [4.78, 5) is 22.9. The van der Waals surface area contributed by atoms with Crippen LogP contribution in [0.15, 0.2) is 30.6 Å². The van der Waals surface area contributed by atoms with Crippen molar-refractivity contribution in [3.63, 3.8) is 0 Å². The second-order valence-corrected chi connectivity index (χ2v) is 5.83. The average Bonchev–Trinajstić information content (AvgIpc) is 3.20. The van der Waals surface area contributed by atoms with Crippen LogP contribution in [0.3, 0.4) is 0 Å². The molecule has 1 amide bonds. The van der Waals surface area contributed by atoms with Crippen molar-refractivity contribution in [3.05, 3.63) is 41.9 Å². The highest BCUT2D eigenvalue weighted by atomic mass is 16.5. The van der Waals surface area contributed by atoms with Gasteiger partial charge in [-0.2, -0.15) is 0 Å². The molecule has 3 rings (SSSR count). The number of aromatic nitrogens is 2. The third-order valence-corrected chi connectivity index (χ3v) is 4.22. The van der Waals surface area contributed by atoms with E-state index in [1.54, 1.807) is 20.3 Å². The Morgan fingerprint density at radius 1 is 1.12 bits per heavy atom. The Bertz CT molecular complexity index is 745. The van der Waals surface area contributed by atoms with Crippen LogP contribution >= 0.6 is 0 Å². The number of nitrogens with zero attached hydrogens (tertiary/aromatic N) is 3. The third kappa shape index (κ3) is 3.99. The van der Waals surface area contributed by atoms with Crippen LogP contribution in [0.1, 0.15) is 28.9 Å². The number of ether oxygens (including phenoxy) is 2. The number of amides is 1. The minimum atomic E-state index is -0.224. The third-order valence-electron chi connectivity index (χ3n) is 4.22. The molecule has 1 fully saturated rings. The maximum atomic E-state index is 12.4. The molecule has 0 atom stereocenters. The Labute approximate surface area is 147 Å². The highest BCUT2D eigenvalue weighted by Crippen LogP contribution is 2.27. The van der Waals surface area contributed by atoms with Gasteiger partial charge in [0.25, 0.3) is 5.91 Å². The van der Waals surface area contributed by atoms with Crippen LogP contribution in [0.5, 0.6) is 11.5 Å². The molecule has 2 aromatic rings. The van der Waals surface area contributed by atoms with Crippen molar-refractivity contribution in [2.24, 2.45) is 0 Å². The minimum absolute atomic E-state index is 0.224. The van der Waals surface area contributed by atoms with E-state index in [0.29, 0.717) is 23.7 Å². The van der Waals surface area contributed by atoms with Crippen molar-refractivity contribution in [1.82, 2.24) is 15.3 Å². The molecule has 1 aromatic carbocycles. The molecule has 7 nitrogen and oxygen atoms in total. The minimum Gasteiger partial charge on any atom is -0.493 e. The zero-order chi connectivity index (χ0) is 17.6. The van der Waals surface area contributed by atoms with Gasteiger partial charge in [-0.1, -0.05) is 6.07 Å². The molecule has 132 valence electrons. The van der Waals surface area contributed by atoms with E-state index in [9.17, 15) is 4.79 Å². The van der Waals surface area contributed by atoms with Crippen LogP contribution in [-0.2, 0) is 6.54 Å². The second kappa shape index (κ2) is 7.83. The van der Waals surface area contributed by atoms with Gasteiger partial charge in [-0.05, 0) is 30.5 Å². The molecule has 1 aromatic heterocycles. The van der Waals surface area contributed by atoms with Crippen LogP contribution < -0.4 is 19.7 Å². The van der Waals surface area contributed by atoms with E-state index in [1.807, 2.05) is 18.2 Å². The maximum absolute atomic E-state index is 12.4. The first-order valence-electron chi connectivity index (χ1n) is 8.27. The SMILES string of the molecule is COc1ccc(CNC(=O)c2cc(N3CCCC3)ncn2)cc1OC. The average molecular weight is 342 g/mol. The molecule has 7 heteroatoms. The number of carbonyl (C=O) groups is 1. The first-order valence-corrected chi connectivity index (χ1v) is 8.27. The monoisotopic (exact) mass is 342 g/mol. The summed E-state index contributed by atoms with van der Waals surface area (Å²) in [6.45, 7) is 2.33. The molecule has 1 N–H and O–H groups in total. The molecular weight excluding hydrogens is 320 g/mol. The van der Waals surface area contributed by atoms with Gasteiger partial charge < -0.3 is 19.7 Å². The fourth-order valence-corrected chi connectivity index (χ4v) is 2.85. The van der Waals surface area contributed by atoms with Crippen molar-refractivity contribution in [2.75, 3.05) is 32.2 Å². The zero-order valence-electron chi connectivity index (χ0n) is 14.5. The van der Waals surface area contributed by atoms with Gasteiger partial charge in [0.15, 0.2) is 11.5 Å². The first-order chi connectivity index (χ1) is 12.2. The van der Waals surface area contributed by atoms with E-state index in [-0.39, 0.29) is 5.91 Å². The number of hydrogen-bond acceptors (Lipinski definition) is 6.